The normalized spacial score (nSPS) is 11.9. The van der Waals surface area contributed by atoms with Crippen molar-refractivity contribution in [1.29, 1.82) is 0 Å². The van der Waals surface area contributed by atoms with Gasteiger partial charge in [-0.15, -0.1) is 0 Å². The molecule has 5 nitrogen and oxygen atoms in total. The van der Waals surface area contributed by atoms with Gasteiger partial charge in [0.05, 0.1) is 6.04 Å². The molecular formula is C22H29N3O2. The van der Waals surface area contributed by atoms with Crippen LogP contribution in [0.1, 0.15) is 47.3 Å². The Balaban J connectivity index is 1.89. The van der Waals surface area contributed by atoms with Crippen molar-refractivity contribution in [3.8, 4) is 0 Å². The Hall–Kier alpha value is -2.66. The molecule has 2 aromatic carbocycles. The first-order valence-electron chi connectivity index (χ1n) is 9.31. The molecule has 2 amide bonds. The van der Waals surface area contributed by atoms with Crippen LogP contribution in [-0.4, -0.2) is 17.9 Å². The van der Waals surface area contributed by atoms with Crippen LogP contribution in [0.15, 0.2) is 48.5 Å². The van der Waals surface area contributed by atoms with E-state index in [1.807, 2.05) is 57.2 Å². The highest BCUT2D eigenvalue weighted by molar-refractivity contribution is 5.94. The molecule has 0 saturated carbocycles. The third-order valence-electron chi connectivity index (χ3n) is 4.29. The Morgan fingerprint density at radius 1 is 0.963 bits per heavy atom. The number of hydrogen-bond acceptors (Lipinski definition) is 3. The van der Waals surface area contributed by atoms with Crippen LogP contribution in [0.2, 0.25) is 0 Å². The molecule has 1 atom stereocenters. The zero-order chi connectivity index (χ0) is 19.8. The van der Waals surface area contributed by atoms with E-state index in [4.69, 9.17) is 5.73 Å². The lowest BCUT2D eigenvalue weighted by Gasteiger charge is -2.14. The molecule has 0 aliphatic heterocycles. The lowest BCUT2D eigenvalue weighted by Crippen LogP contribution is -2.41. The highest BCUT2D eigenvalue weighted by Gasteiger charge is 2.14. The van der Waals surface area contributed by atoms with Gasteiger partial charge in [-0.05, 0) is 42.5 Å². The van der Waals surface area contributed by atoms with Crippen molar-refractivity contribution >= 4 is 11.8 Å². The smallest absolute Gasteiger partial charge is 0.251 e. The number of benzene rings is 2. The van der Waals surface area contributed by atoms with Crippen LogP contribution >= 0.6 is 0 Å². The van der Waals surface area contributed by atoms with Crippen LogP contribution in [0.3, 0.4) is 0 Å². The molecule has 0 fully saturated rings. The zero-order valence-electron chi connectivity index (χ0n) is 16.3. The minimum Gasteiger partial charge on any atom is -0.351 e. The maximum absolute atomic E-state index is 12.4. The van der Waals surface area contributed by atoms with Crippen molar-refractivity contribution < 1.29 is 9.59 Å². The third kappa shape index (κ3) is 6.87. The van der Waals surface area contributed by atoms with Gasteiger partial charge in [-0.3, -0.25) is 9.59 Å². The lowest BCUT2D eigenvalue weighted by atomic mass is 10.0. The van der Waals surface area contributed by atoms with E-state index < -0.39 is 6.04 Å². The average molecular weight is 367 g/mol. The van der Waals surface area contributed by atoms with Gasteiger partial charge in [0, 0.05) is 18.7 Å². The molecule has 0 bridgehead atoms. The number of amides is 2. The van der Waals surface area contributed by atoms with E-state index in [2.05, 4.69) is 10.6 Å². The van der Waals surface area contributed by atoms with E-state index in [1.165, 1.54) is 5.56 Å². The number of carbonyl (C=O) groups is 2. The second-order valence-corrected chi connectivity index (χ2v) is 7.32. The van der Waals surface area contributed by atoms with Crippen LogP contribution in [0, 0.1) is 12.8 Å². The summed E-state index contributed by atoms with van der Waals surface area (Å²) in [4.78, 5) is 24.4. The summed E-state index contributed by atoms with van der Waals surface area (Å²) in [5.41, 5.74) is 9.56. The van der Waals surface area contributed by atoms with Gasteiger partial charge >= 0.3 is 0 Å². The standard InChI is InChI=1S/C22H29N3O2/c1-15(2)11-20(23)22(27)25-14-18-5-4-6-19(12-18)21(26)24-13-17-9-7-16(3)8-10-17/h4-10,12,15,20H,11,13-14,23H2,1-3H3,(H,24,26)(H,25,27)/t20-/m0/s1. The topological polar surface area (TPSA) is 84.2 Å². The number of nitrogens with one attached hydrogen (secondary N) is 2. The summed E-state index contributed by atoms with van der Waals surface area (Å²) in [6, 6.07) is 14.8. The number of rotatable bonds is 8. The molecule has 0 unspecified atom stereocenters. The molecule has 2 rings (SSSR count). The van der Waals surface area contributed by atoms with Gasteiger partial charge in [-0.2, -0.15) is 0 Å². The quantitative estimate of drug-likeness (QED) is 0.671. The van der Waals surface area contributed by atoms with Gasteiger partial charge < -0.3 is 16.4 Å². The average Bonchev–Trinajstić information content (AvgIpc) is 2.65. The Morgan fingerprint density at radius 3 is 2.30 bits per heavy atom. The minimum absolute atomic E-state index is 0.139. The van der Waals surface area contributed by atoms with E-state index in [-0.39, 0.29) is 11.8 Å². The summed E-state index contributed by atoms with van der Waals surface area (Å²) in [5.74, 6) is 0.0597. The molecule has 2 aromatic rings. The molecule has 4 N–H and O–H groups in total. The van der Waals surface area contributed by atoms with Crippen molar-refractivity contribution in [2.45, 2.75) is 46.3 Å². The number of hydrogen-bond donors (Lipinski definition) is 3. The van der Waals surface area contributed by atoms with E-state index >= 15 is 0 Å². The maximum atomic E-state index is 12.4. The largest absolute Gasteiger partial charge is 0.351 e. The van der Waals surface area contributed by atoms with Gasteiger partial charge in [0.15, 0.2) is 0 Å². The van der Waals surface area contributed by atoms with Crippen molar-refractivity contribution in [1.82, 2.24) is 10.6 Å². The van der Waals surface area contributed by atoms with Crippen LogP contribution in [0.25, 0.3) is 0 Å². The first kappa shape index (κ1) is 20.6. The summed E-state index contributed by atoms with van der Waals surface area (Å²) in [7, 11) is 0. The second kappa shape index (κ2) is 9.88. The number of aryl methyl sites for hydroxylation is 1. The molecule has 0 saturated heterocycles. The highest BCUT2D eigenvalue weighted by Crippen LogP contribution is 2.08. The molecule has 0 radical (unpaired) electrons. The van der Waals surface area contributed by atoms with Gasteiger partial charge in [0.1, 0.15) is 0 Å². The molecule has 0 spiro atoms. The highest BCUT2D eigenvalue weighted by atomic mass is 16.2. The first-order chi connectivity index (χ1) is 12.8. The van der Waals surface area contributed by atoms with E-state index in [0.29, 0.717) is 31.0 Å². The van der Waals surface area contributed by atoms with Gasteiger partial charge in [-0.25, -0.2) is 0 Å². The molecule has 0 aromatic heterocycles. The molecule has 0 heterocycles. The Labute approximate surface area is 161 Å². The van der Waals surface area contributed by atoms with Gasteiger partial charge in [0.25, 0.3) is 5.91 Å². The van der Waals surface area contributed by atoms with Gasteiger partial charge in [0.2, 0.25) is 5.91 Å². The second-order valence-electron chi connectivity index (χ2n) is 7.32. The Bertz CT molecular complexity index is 769. The summed E-state index contributed by atoms with van der Waals surface area (Å²) in [6.45, 7) is 6.92. The molecular weight excluding hydrogens is 338 g/mol. The predicted octanol–water partition coefficient (Wildman–Crippen LogP) is 2.91. The summed E-state index contributed by atoms with van der Waals surface area (Å²) in [6.07, 6.45) is 0.646. The molecule has 144 valence electrons. The first-order valence-corrected chi connectivity index (χ1v) is 9.31. The number of carbonyl (C=O) groups excluding carboxylic acids is 2. The fourth-order valence-corrected chi connectivity index (χ4v) is 2.75. The third-order valence-corrected chi connectivity index (χ3v) is 4.29. The maximum Gasteiger partial charge on any atom is 0.251 e. The predicted molar refractivity (Wildman–Crippen MR) is 108 cm³/mol. The molecule has 0 aliphatic rings. The molecule has 5 heteroatoms. The van der Waals surface area contributed by atoms with Crippen LogP contribution in [-0.2, 0) is 17.9 Å². The van der Waals surface area contributed by atoms with Crippen LogP contribution in [0.5, 0.6) is 0 Å². The minimum atomic E-state index is -0.508. The number of nitrogens with two attached hydrogens (primary N) is 1. The van der Waals surface area contributed by atoms with E-state index in [9.17, 15) is 9.59 Å². The monoisotopic (exact) mass is 367 g/mol. The lowest BCUT2D eigenvalue weighted by molar-refractivity contribution is -0.122. The molecule has 27 heavy (non-hydrogen) atoms. The Morgan fingerprint density at radius 2 is 1.63 bits per heavy atom. The van der Waals surface area contributed by atoms with E-state index in [0.717, 1.165) is 11.1 Å². The van der Waals surface area contributed by atoms with Gasteiger partial charge in [-0.1, -0.05) is 55.8 Å². The van der Waals surface area contributed by atoms with Crippen molar-refractivity contribution in [3.05, 3.63) is 70.8 Å². The zero-order valence-corrected chi connectivity index (χ0v) is 16.3. The summed E-state index contributed by atoms with van der Waals surface area (Å²) < 4.78 is 0. The molecule has 0 aliphatic carbocycles. The van der Waals surface area contributed by atoms with Crippen molar-refractivity contribution in [2.75, 3.05) is 0 Å². The van der Waals surface area contributed by atoms with Crippen LogP contribution in [0.4, 0.5) is 0 Å². The fourth-order valence-electron chi connectivity index (χ4n) is 2.75. The van der Waals surface area contributed by atoms with Crippen molar-refractivity contribution in [2.24, 2.45) is 11.7 Å². The summed E-state index contributed by atoms with van der Waals surface area (Å²) in [5, 5.41) is 5.76. The SMILES string of the molecule is Cc1ccc(CNC(=O)c2cccc(CNC(=O)[C@@H](N)CC(C)C)c2)cc1. The van der Waals surface area contributed by atoms with Crippen molar-refractivity contribution in [3.63, 3.8) is 0 Å². The fraction of sp³-hybridized carbons (Fsp3) is 0.364. The van der Waals surface area contributed by atoms with Crippen LogP contribution < -0.4 is 16.4 Å². The Kier molecular flexibility index (Phi) is 7.55. The van der Waals surface area contributed by atoms with E-state index in [1.54, 1.807) is 12.1 Å². The summed E-state index contributed by atoms with van der Waals surface area (Å²) >= 11 is 0.